The number of rotatable bonds is 3. The lowest BCUT2D eigenvalue weighted by molar-refractivity contribution is 0.102. The minimum absolute atomic E-state index is 0.0485. The van der Waals surface area contributed by atoms with E-state index in [1.54, 1.807) is 30.3 Å². The molecule has 25 heavy (non-hydrogen) atoms. The quantitative estimate of drug-likeness (QED) is 0.599. The Morgan fingerprint density at radius 3 is 2.92 bits per heavy atom. The summed E-state index contributed by atoms with van der Waals surface area (Å²) >= 11 is 0. The van der Waals surface area contributed by atoms with Gasteiger partial charge in [-0.3, -0.25) is 10.1 Å². The van der Waals surface area contributed by atoms with Crippen molar-refractivity contribution in [2.75, 3.05) is 12.4 Å². The third-order valence-corrected chi connectivity index (χ3v) is 3.73. The van der Waals surface area contributed by atoms with Crippen molar-refractivity contribution in [2.45, 2.75) is 0 Å². The monoisotopic (exact) mass is 337 g/mol. The van der Waals surface area contributed by atoms with Gasteiger partial charge in [-0.2, -0.15) is 4.98 Å². The van der Waals surface area contributed by atoms with E-state index in [9.17, 15) is 9.18 Å². The summed E-state index contributed by atoms with van der Waals surface area (Å²) in [6.07, 6.45) is 0. The fourth-order valence-electron chi connectivity index (χ4n) is 2.53. The van der Waals surface area contributed by atoms with Crippen molar-refractivity contribution in [3.05, 3.63) is 53.8 Å². The van der Waals surface area contributed by atoms with Crippen molar-refractivity contribution < 1.29 is 13.9 Å². The zero-order chi connectivity index (χ0) is 17.4. The number of aromatic nitrogens is 4. The normalized spacial score (nSPS) is 11.0. The summed E-state index contributed by atoms with van der Waals surface area (Å²) in [5, 5.41) is 11.1. The Morgan fingerprint density at radius 1 is 1.20 bits per heavy atom. The molecule has 124 valence electrons. The minimum atomic E-state index is -0.387. The van der Waals surface area contributed by atoms with Gasteiger partial charge in [0.2, 0.25) is 0 Å². The van der Waals surface area contributed by atoms with Gasteiger partial charge in [0.05, 0.1) is 7.11 Å². The second-order valence-electron chi connectivity index (χ2n) is 5.33. The molecule has 8 heteroatoms. The summed E-state index contributed by atoms with van der Waals surface area (Å²) in [7, 11) is 1.52. The van der Waals surface area contributed by atoms with E-state index in [4.69, 9.17) is 4.74 Å². The number of benzene rings is 2. The molecule has 0 saturated heterocycles. The molecule has 0 aliphatic carbocycles. The Balaban J connectivity index is 1.67. The maximum Gasteiger partial charge on any atom is 0.258 e. The van der Waals surface area contributed by atoms with Gasteiger partial charge >= 0.3 is 0 Å². The van der Waals surface area contributed by atoms with Gasteiger partial charge in [-0.25, -0.2) is 4.39 Å². The zero-order valence-corrected chi connectivity index (χ0v) is 13.1. The van der Waals surface area contributed by atoms with Crippen LogP contribution in [0, 0.1) is 5.82 Å². The van der Waals surface area contributed by atoms with Crippen LogP contribution in [0.25, 0.3) is 22.1 Å². The van der Waals surface area contributed by atoms with Gasteiger partial charge in [0, 0.05) is 16.5 Å². The lowest BCUT2D eigenvalue weighted by atomic mass is 10.2. The maximum absolute atomic E-state index is 13.4. The molecule has 4 rings (SSSR count). The fraction of sp³-hybridized carbons (Fsp3) is 0.0588. The van der Waals surface area contributed by atoms with Crippen LogP contribution >= 0.6 is 0 Å². The first-order chi connectivity index (χ1) is 12.1. The van der Waals surface area contributed by atoms with Gasteiger partial charge in [-0.15, -0.1) is 10.2 Å². The summed E-state index contributed by atoms with van der Waals surface area (Å²) in [6, 6.07) is 11.0. The molecule has 0 atom stereocenters. The second kappa shape index (κ2) is 5.82. The van der Waals surface area contributed by atoms with Gasteiger partial charge in [-0.1, -0.05) is 6.07 Å². The summed E-state index contributed by atoms with van der Waals surface area (Å²) in [4.78, 5) is 19.6. The van der Waals surface area contributed by atoms with Gasteiger partial charge in [-0.05, 0) is 36.4 Å². The number of halogens is 1. The smallest absolute Gasteiger partial charge is 0.258 e. The second-order valence-corrected chi connectivity index (χ2v) is 5.33. The van der Waals surface area contributed by atoms with Crippen molar-refractivity contribution in [3.8, 4) is 5.75 Å². The first-order valence-corrected chi connectivity index (χ1v) is 7.41. The maximum atomic E-state index is 13.4. The minimum Gasteiger partial charge on any atom is -0.497 e. The van der Waals surface area contributed by atoms with Crippen LogP contribution in [0.3, 0.4) is 0 Å². The molecule has 0 spiro atoms. The van der Waals surface area contributed by atoms with E-state index in [2.05, 4.69) is 25.5 Å². The van der Waals surface area contributed by atoms with E-state index in [1.807, 2.05) is 0 Å². The van der Waals surface area contributed by atoms with Crippen molar-refractivity contribution in [1.82, 2.24) is 20.2 Å². The van der Waals surface area contributed by atoms with Crippen LogP contribution in [0.2, 0.25) is 0 Å². The van der Waals surface area contributed by atoms with Crippen LogP contribution < -0.4 is 10.1 Å². The largest absolute Gasteiger partial charge is 0.497 e. The van der Waals surface area contributed by atoms with Crippen molar-refractivity contribution in [3.63, 3.8) is 0 Å². The molecular weight excluding hydrogens is 325 g/mol. The zero-order valence-electron chi connectivity index (χ0n) is 13.1. The highest BCUT2D eigenvalue weighted by molar-refractivity contribution is 6.05. The lowest BCUT2D eigenvalue weighted by Crippen LogP contribution is -2.14. The number of H-pyrrole nitrogens is 1. The van der Waals surface area contributed by atoms with Crippen molar-refractivity contribution in [1.29, 1.82) is 0 Å². The van der Waals surface area contributed by atoms with E-state index >= 15 is 0 Å². The highest BCUT2D eigenvalue weighted by atomic mass is 19.1. The Hall–Kier alpha value is -3.55. The standard InChI is InChI=1S/C17H12FN5O2/c1-25-11-4-2-3-9(7-11)16(24)21-17-20-15-14(22-23-17)12-8-10(18)5-6-13(12)19-15/h2-8H,1H3,(H2,19,20,21,23,24). The number of hydrogen-bond donors (Lipinski definition) is 2. The van der Waals surface area contributed by atoms with Crippen molar-refractivity contribution in [2.24, 2.45) is 0 Å². The number of aromatic amines is 1. The number of fused-ring (bicyclic) bond motifs is 3. The number of nitrogens with one attached hydrogen (secondary N) is 2. The summed E-state index contributed by atoms with van der Waals surface area (Å²) in [6.45, 7) is 0. The SMILES string of the molecule is COc1cccc(C(=O)Nc2nnc3c(n2)[nH]c2ccc(F)cc23)c1. The highest BCUT2D eigenvalue weighted by Gasteiger charge is 2.13. The molecule has 2 aromatic carbocycles. The third kappa shape index (κ3) is 2.74. The average Bonchev–Trinajstić information content (AvgIpc) is 2.98. The Morgan fingerprint density at radius 2 is 2.08 bits per heavy atom. The van der Waals surface area contributed by atoms with Gasteiger partial charge in [0.15, 0.2) is 5.65 Å². The molecule has 0 unspecified atom stereocenters. The molecule has 0 aliphatic rings. The van der Waals surface area contributed by atoms with E-state index in [0.29, 0.717) is 33.4 Å². The van der Waals surface area contributed by atoms with Gasteiger partial charge in [0.1, 0.15) is 17.1 Å². The molecule has 0 aliphatic heterocycles. The predicted molar refractivity (Wildman–Crippen MR) is 90.1 cm³/mol. The number of hydrogen-bond acceptors (Lipinski definition) is 5. The topological polar surface area (TPSA) is 92.8 Å². The van der Waals surface area contributed by atoms with Gasteiger partial charge < -0.3 is 9.72 Å². The molecule has 7 nitrogen and oxygen atoms in total. The molecule has 0 radical (unpaired) electrons. The molecule has 0 saturated carbocycles. The Kier molecular flexibility index (Phi) is 3.50. The van der Waals surface area contributed by atoms with Crippen LogP contribution in [0.1, 0.15) is 10.4 Å². The fourth-order valence-corrected chi connectivity index (χ4v) is 2.53. The molecule has 2 aromatic heterocycles. The van der Waals surface area contributed by atoms with Crippen LogP contribution in [-0.2, 0) is 0 Å². The number of ether oxygens (including phenoxy) is 1. The molecule has 4 aromatic rings. The van der Waals surface area contributed by atoms with E-state index in [-0.39, 0.29) is 17.7 Å². The molecule has 0 bridgehead atoms. The molecular formula is C17H12FN5O2. The number of nitrogens with zero attached hydrogens (tertiary/aromatic N) is 3. The Bertz CT molecular complexity index is 1110. The van der Waals surface area contributed by atoms with E-state index < -0.39 is 0 Å². The highest BCUT2D eigenvalue weighted by Crippen LogP contribution is 2.23. The summed E-state index contributed by atoms with van der Waals surface area (Å²) in [5.41, 5.74) is 1.95. The van der Waals surface area contributed by atoms with E-state index in [0.717, 1.165) is 0 Å². The molecule has 2 heterocycles. The number of anilines is 1. The Labute approximate surface area is 140 Å². The molecule has 0 fully saturated rings. The first kappa shape index (κ1) is 15.0. The number of carbonyl (C=O) groups excluding carboxylic acids is 1. The first-order valence-electron chi connectivity index (χ1n) is 7.41. The molecule has 1 amide bonds. The predicted octanol–water partition coefficient (Wildman–Crippen LogP) is 2.91. The average molecular weight is 337 g/mol. The van der Waals surface area contributed by atoms with Gasteiger partial charge in [0.25, 0.3) is 11.9 Å². The van der Waals surface area contributed by atoms with Crippen LogP contribution in [0.5, 0.6) is 5.75 Å². The van der Waals surface area contributed by atoms with Crippen LogP contribution in [-0.4, -0.2) is 33.2 Å². The summed E-state index contributed by atoms with van der Waals surface area (Å²) < 4.78 is 18.5. The van der Waals surface area contributed by atoms with Crippen LogP contribution in [0.4, 0.5) is 10.3 Å². The summed E-state index contributed by atoms with van der Waals surface area (Å²) in [5.74, 6) is -0.139. The van der Waals surface area contributed by atoms with Crippen molar-refractivity contribution >= 4 is 33.9 Å². The third-order valence-electron chi connectivity index (χ3n) is 3.73. The number of amides is 1. The van der Waals surface area contributed by atoms with Crippen LogP contribution in [0.15, 0.2) is 42.5 Å². The molecule has 2 N–H and O–H groups in total. The number of carbonyl (C=O) groups is 1. The van der Waals surface area contributed by atoms with E-state index in [1.165, 1.54) is 19.2 Å². The lowest BCUT2D eigenvalue weighted by Gasteiger charge is -2.05. The number of methoxy groups -OCH3 is 1.